The van der Waals surface area contributed by atoms with Crippen molar-refractivity contribution in [1.29, 1.82) is 0 Å². The number of amides is 1. The summed E-state index contributed by atoms with van der Waals surface area (Å²) in [6.45, 7) is 8.79. The maximum atomic E-state index is 13.4. The number of sulfone groups is 1. The van der Waals surface area contributed by atoms with Crippen LogP contribution in [0, 0.1) is 0 Å². The molecule has 2 aromatic rings. The number of benzene rings is 2. The van der Waals surface area contributed by atoms with Crippen molar-refractivity contribution in [3.8, 4) is 11.5 Å². The SMILES string of the molecule is CCOc1ccc(CN(C(=O)C(C)Oc2ccc(C(C)C)cc2)C2CCS(=O)(=O)C2)cc1. The van der Waals surface area contributed by atoms with E-state index in [1.54, 1.807) is 11.8 Å². The molecule has 174 valence electrons. The highest BCUT2D eigenvalue weighted by atomic mass is 32.2. The number of hydrogen-bond donors (Lipinski definition) is 0. The van der Waals surface area contributed by atoms with E-state index in [0.29, 0.717) is 31.2 Å². The van der Waals surface area contributed by atoms with Gasteiger partial charge < -0.3 is 14.4 Å². The van der Waals surface area contributed by atoms with Gasteiger partial charge in [-0.3, -0.25) is 4.79 Å². The molecule has 0 radical (unpaired) electrons. The number of carbonyl (C=O) groups excluding carboxylic acids is 1. The summed E-state index contributed by atoms with van der Waals surface area (Å²) in [5.74, 6) is 1.68. The van der Waals surface area contributed by atoms with Gasteiger partial charge >= 0.3 is 0 Å². The van der Waals surface area contributed by atoms with Gasteiger partial charge in [-0.2, -0.15) is 0 Å². The fourth-order valence-electron chi connectivity index (χ4n) is 3.88. The van der Waals surface area contributed by atoms with E-state index < -0.39 is 15.9 Å². The van der Waals surface area contributed by atoms with Crippen LogP contribution in [-0.4, -0.2) is 49.5 Å². The van der Waals surface area contributed by atoms with E-state index in [1.165, 1.54) is 5.56 Å². The van der Waals surface area contributed by atoms with Gasteiger partial charge in [-0.05, 0) is 61.6 Å². The zero-order valence-electron chi connectivity index (χ0n) is 19.3. The average Bonchev–Trinajstić information content (AvgIpc) is 3.12. The summed E-state index contributed by atoms with van der Waals surface area (Å²) in [4.78, 5) is 15.0. The summed E-state index contributed by atoms with van der Waals surface area (Å²) >= 11 is 0. The lowest BCUT2D eigenvalue weighted by Crippen LogP contribution is -2.46. The van der Waals surface area contributed by atoms with Crippen molar-refractivity contribution >= 4 is 15.7 Å². The minimum absolute atomic E-state index is 0.00836. The first-order valence-electron chi connectivity index (χ1n) is 11.2. The third kappa shape index (κ3) is 6.25. The molecule has 3 rings (SSSR count). The Morgan fingerprint density at radius 2 is 1.66 bits per heavy atom. The fourth-order valence-corrected chi connectivity index (χ4v) is 5.61. The molecule has 7 heteroatoms. The van der Waals surface area contributed by atoms with E-state index in [9.17, 15) is 13.2 Å². The van der Waals surface area contributed by atoms with E-state index in [4.69, 9.17) is 9.47 Å². The Hall–Kier alpha value is -2.54. The Morgan fingerprint density at radius 3 is 2.19 bits per heavy atom. The molecule has 2 atom stereocenters. The molecular formula is C25H33NO5S. The second kappa shape index (κ2) is 10.4. The van der Waals surface area contributed by atoms with Gasteiger partial charge in [0.05, 0.1) is 18.1 Å². The van der Waals surface area contributed by atoms with Crippen LogP contribution < -0.4 is 9.47 Å². The van der Waals surface area contributed by atoms with E-state index in [2.05, 4.69) is 13.8 Å². The normalized spacial score (nSPS) is 18.3. The minimum atomic E-state index is -3.13. The van der Waals surface area contributed by atoms with Gasteiger partial charge in [0.1, 0.15) is 11.5 Å². The smallest absolute Gasteiger partial charge is 0.263 e. The first-order chi connectivity index (χ1) is 15.2. The highest BCUT2D eigenvalue weighted by Gasteiger charge is 2.36. The molecule has 2 aromatic carbocycles. The van der Waals surface area contributed by atoms with Crippen LogP contribution in [0.2, 0.25) is 0 Å². The second-order valence-corrected chi connectivity index (χ2v) is 10.8. The first kappa shape index (κ1) is 24.1. The maximum Gasteiger partial charge on any atom is 0.263 e. The predicted molar refractivity (Wildman–Crippen MR) is 126 cm³/mol. The Kier molecular flexibility index (Phi) is 7.82. The molecule has 0 saturated carbocycles. The predicted octanol–water partition coefficient (Wildman–Crippen LogP) is 4.19. The maximum absolute atomic E-state index is 13.4. The summed E-state index contributed by atoms with van der Waals surface area (Å²) in [5.41, 5.74) is 2.12. The van der Waals surface area contributed by atoms with E-state index in [1.807, 2.05) is 55.5 Å². The molecule has 1 amide bonds. The van der Waals surface area contributed by atoms with Gasteiger partial charge in [0.2, 0.25) is 0 Å². The van der Waals surface area contributed by atoms with Crippen LogP contribution in [0.15, 0.2) is 48.5 Å². The topological polar surface area (TPSA) is 72.9 Å². The highest BCUT2D eigenvalue weighted by Crippen LogP contribution is 2.24. The van der Waals surface area contributed by atoms with Gasteiger partial charge in [0.15, 0.2) is 15.9 Å². The van der Waals surface area contributed by atoms with Crippen LogP contribution in [-0.2, 0) is 21.2 Å². The molecule has 0 aliphatic carbocycles. The number of rotatable bonds is 9. The molecule has 2 unspecified atom stereocenters. The number of hydrogen-bond acceptors (Lipinski definition) is 5. The zero-order chi connectivity index (χ0) is 23.3. The molecule has 1 saturated heterocycles. The lowest BCUT2D eigenvalue weighted by molar-refractivity contribution is -0.140. The molecule has 0 bridgehead atoms. The van der Waals surface area contributed by atoms with Gasteiger partial charge in [-0.25, -0.2) is 8.42 Å². The third-order valence-electron chi connectivity index (χ3n) is 5.73. The van der Waals surface area contributed by atoms with Crippen LogP contribution in [0.25, 0.3) is 0 Å². The van der Waals surface area contributed by atoms with E-state index in [-0.39, 0.29) is 23.5 Å². The highest BCUT2D eigenvalue weighted by molar-refractivity contribution is 7.91. The summed E-state index contributed by atoms with van der Waals surface area (Å²) in [5, 5.41) is 0. The van der Waals surface area contributed by atoms with Crippen molar-refractivity contribution in [2.24, 2.45) is 0 Å². The third-order valence-corrected chi connectivity index (χ3v) is 7.48. The molecule has 0 N–H and O–H groups in total. The molecule has 32 heavy (non-hydrogen) atoms. The molecule has 1 fully saturated rings. The van der Waals surface area contributed by atoms with Crippen molar-refractivity contribution < 1.29 is 22.7 Å². The Labute approximate surface area is 191 Å². The molecule has 0 spiro atoms. The lowest BCUT2D eigenvalue weighted by atomic mass is 10.0. The zero-order valence-corrected chi connectivity index (χ0v) is 20.1. The standard InChI is InChI=1S/C25H33NO5S/c1-5-30-23-10-6-20(7-11-23)16-26(22-14-15-32(28,29)17-22)25(27)19(4)31-24-12-8-21(9-13-24)18(2)3/h6-13,18-19,22H,5,14-17H2,1-4H3. The Bertz CT molecular complexity index is 1000. The van der Waals surface area contributed by atoms with Crippen molar-refractivity contribution in [3.63, 3.8) is 0 Å². The van der Waals surface area contributed by atoms with Crippen LogP contribution in [0.4, 0.5) is 0 Å². The van der Waals surface area contributed by atoms with Crippen molar-refractivity contribution in [3.05, 3.63) is 59.7 Å². The Balaban J connectivity index is 1.76. The second-order valence-electron chi connectivity index (χ2n) is 8.58. The lowest BCUT2D eigenvalue weighted by Gasteiger charge is -2.31. The molecular weight excluding hydrogens is 426 g/mol. The minimum Gasteiger partial charge on any atom is -0.494 e. The monoisotopic (exact) mass is 459 g/mol. The largest absolute Gasteiger partial charge is 0.494 e. The molecule has 0 aromatic heterocycles. The van der Waals surface area contributed by atoms with Gasteiger partial charge in [-0.1, -0.05) is 38.1 Å². The molecule has 1 heterocycles. The van der Waals surface area contributed by atoms with Crippen LogP contribution in [0.5, 0.6) is 11.5 Å². The summed E-state index contributed by atoms with van der Waals surface area (Å²) < 4.78 is 35.6. The molecule has 1 aliphatic heterocycles. The van der Waals surface area contributed by atoms with Crippen molar-refractivity contribution in [2.75, 3.05) is 18.1 Å². The fraction of sp³-hybridized carbons (Fsp3) is 0.480. The summed E-state index contributed by atoms with van der Waals surface area (Å²) in [6.07, 6.45) is -0.285. The van der Waals surface area contributed by atoms with E-state index >= 15 is 0 Å². The van der Waals surface area contributed by atoms with Gasteiger partial charge in [0, 0.05) is 12.6 Å². The number of carbonyl (C=O) groups is 1. The van der Waals surface area contributed by atoms with Gasteiger partial charge in [-0.15, -0.1) is 0 Å². The molecule has 1 aliphatic rings. The Morgan fingerprint density at radius 1 is 1.03 bits per heavy atom. The first-order valence-corrected chi connectivity index (χ1v) is 13.0. The summed E-state index contributed by atoms with van der Waals surface area (Å²) in [6, 6.07) is 14.9. The van der Waals surface area contributed by atoms with Crippen molar-refractivity contribution in [1.82, 2.24) is 4.90 Å². The number of nitrogens with zero attached hydrogens (tertiary/aromatic N) is 1. The quantitative estimate of drug-likeness (QED) is 0.562. The molecule has 6 nitrogen and oxygen atoms in total. The van der Waals surface area contributed by atoms with E-state index in [0.717, 1.165) is 11.3 Å². The van der Waals surface area contributed by atoms with Crippen LogP contribution in [0.1, 0.15) is 51.2 Å². The average molecular weight is 460 g/mol. The van der Waals surface area contributed by atoms with Gasteiger partial charge in [0.25, 0.3) is 5.91 Å². The van der Waals surface area contributed by atoms with Crippen molar-refractivity contribution in [2.45, 2.75) is 58.7 Å². The summed E-state index contributed by atoms with van der Waals surface area (Å²) in [7, 11) is -3.13. The number of ether oxygens (including phenoxy) is 2. The van der Waals surface area contributed by atoms with Crippen LogP contribution in [0.3, 0.4) is 0 Å². The van der Waals surface area contributed by atoms with Crippen LogP contribution >= 0.6 is 0 Å².